The van der Waals surface area contributed by atoms with Crippen LogP contribution in [0.2, 0.25) is 0 Å². The van der Waals surface area contributed by atoms with Gasteiger partial charge in [-0.05, 0) is 19.3 Å². The predicted octanol–water partition coefficient (Wildman–Crippen LogP) is 3.65. The minimum atomic E-state index is -0.161. The van der Waals surface area contributed by atoms with Crippen LogP contribution in [-0.2, 0) is 4.74 Å². The van der Waals surface area contributed by atoms with Crippen LogP contribution >= 0.6 is 0 Å². The third-order valence-corrected chi connectivity index (χ3v) is 4.59. The van der Waals surface area contributed by atoms with Crippen molar-refractivity contribution in [3.63, 3.8) is 0 Å². The Hall–Kier alpha value is -2.47. The molecule has 1 amide bonds. The van der Waals surface area contributed by atoms with Crippen LogP contribution in [0.1, 0.15) is 49.5 Å². The minimum Gasteiger partial charge on any atom is -0.376 e. The van der Waals surface area contributed by atoms with Crippen LogP contribution in [0.3, 0.4) is 0 Å². The van der Waals surface area contributed by atoms with Gasteiger partial charge in [0.2, 0.25) is 0 Å². The normalized spacial score (nSPS) is 16.3. The van der Waals surface area contributed by atoms with E-state index in [2.05, 4.69) is 27.5 Å². The fourth-order valence-corrected chi connectivity index (χ4v) is 3.06. The topological polar surface area (TPSA) is 76.1 Å². The zero-order chi connectivity index (χ0) is 18.9. The summed E-state index contributed by atoms with van der Waals surface area (Å²) in [5.41, 5.74) is 1.27. The molecule has 1 saturated heterocycles. The molecule has 0 aliphatic carbocycles. The van der Waals surface area contributed by atoms with Crippen molar-refractivity contribution < 1.29 is 9.53 Å². The quantitative estimate of drug-likeness (QED) is 0.661. The van der Waals surface area contributed by atoms with Gasteiger partial charge in [-0.3, -0.25) is 4.79 Å². The SMILES string of the molecule is CCCCCNC(=O)c1cc(NCC2CCCO2)nc(-c2ccccc2)n1. The van der Waals surface area contributed by atoms with E-state index in [9.17, 15) is 4.79 Å². The largest absolute Gasteiger partial charge is 0.376 e. The van der Waals surface area contributed by atoms with E-state index in [4.69, 9.17) is 4.74 Å². The number of benzene rings is 1. The summed E-state index contributed by atoms with van der Waals surface area (Å²) in [6, 6.07) is 11.4. The molecule has 2 N–H and O–H groups in total. The highest BCUT2D eigenvalue weighted by Crippen LogP contribution is 2.19. The first-order valence-electron chi connectivity index (χ1n) is 9.84. The van der Waals surface area contributed by atoms with Gasteiger partial charge in [-0.25, -0.2) is 9.97 Å². The maximum absolute atomic E-state index is 12.6. The summed E-state index contributed by atoms with van der Waals surface area (Å²) in [6.45, 7) is 4.31. The lowest BCUT2D eigenvalue weighted by atomic mass is 10.2. The molecule has 0 spiro atoms. The second kappa shape index (κ2) is 10.0. The molecule has 1 aliphatic rings. The summed E-state index contributed by atoms with van der Waals surface area (Å²) < 4.78 is 5.66. The van der Waals surface area contributed by atoms with E-state index in [1.54, 1.807) is 6.07 Å². The average Bonchev–Trinajstić information content (AvgIpc) is 3.24. The number of rotatable bonds is 9. The molecule has 1 unspecified atom stereocenters. The van der Waals surface area contributed by atoms with Gasteiger partial charge in [-0.15, -0.1) is 0 Å². The van der Waals surface area contributed by atoms with Gasteiger partial charge in [-0.2, -0.15) is 0 Å². The Morgan fingerprint density at radius 2 is 2.07 bits per heavy atom. The number of ether oxygens (including phenoxy) is 1. The van der Waals surface area contributed by atoms with Crippen LogP contribution in [0, 0.1) is 0 Å². The van der Waals surface area contributed by atoms with E-state index < -0.39 is 0 Å². The molecule has 0 saturated carbocycles. The maximum atomic E-state index is 12.6. The summed E-state index contributed by atoms with van der Waals surface area (Å²) in [5, 5.41) is 6.27. The lowest BCUT2D eigenvalue weighted by molar-refractivity contribution is 0.0948. The lowest BCUT2D eigenvalue weighted by Crippen LogP contribution is -2.26. The second-order valence-electron chi connectivity index (χ2n) is 6.81. The molecule has 1 atom stereocenters. The van der Waals surface area contributed by atoms with E-state index in [1.165, 1.54) is 0 Å². The third kappa shape index (κ3) is 5.76. The van der Waals surface area contributed by atoms with Crippen molar-refractivity contribution in [2.75, 3.05) is 25.0 Å². The van der Waals surface area contributed by atoms with Crippen molar-refractivity contribution in [2.45, 2.75) is 45.1 Å². The third-order valence-electron chi connectivity index (χ3n) is 4.59. The average molecular weight is 368 g/mol. The Kier molecular flexibility index (Phi) is 7.16. The number of anilines is 1. The number of hydrogen-bond acceptors (Lipinski definition) is 5. The summed E-state index contributed by atoms with van der Waals surface area (Å²) in [4.78, 5) is 21.6. The van der Waals surface area contributed by atoms with Crippen molar-refractivity contribution in [2.24, 2.45) is 0 Å². The van der Waals surface area contributed by atoms with Gasteiger partial charge in [0.15, 0.2) is 5.82 Å². The van der Waals surface area contributed by atoms with Crippen LogP contribution in [0.25, 0.3) is 11.4 Å². The van der Waals surface area contributed by atoms with Crippen molar-refractivity contribution in [1.29, 1.82) is 0 Å². The van der Waals surface area contributed by atoms with Gasteiger partial charge in [0.25, 0.3) is 5.91 Å². The van der Waals surface area contributed by atoms with E-state index in [1.807, 2.05) is 30.3 Å². The molecule has 0 bridgehead atoms. The molecule has 1 aromatic heterocycles. The summed E-state index contributed by atoms with van der Waals surface area (Å²) in [7, 11) is 0. The highest BCUT2D eigenvalue weighted by atomic mass is 16.5. The Bertz CT molecular complexity index is 730. The number of carbonyl (C=O) groups excluding carboxylic acids is 1. The molecular weight excluding hydrogens is 340 g/mol. The van der Waals surface area contributed by atoms with E-state index in [-0.39, 0.29) is 12.0 Å². The number of unbranched alkanes of at least 4 members (excludes halogenated alkanes) is 2. The second-order valence-corrected chi connectivity index (χ2v) is 6.81. The first kappa shape index (κ1) is 19.3. The predicted molar refractivity (Wildman–Crippen MR) is 107 cm³/mol. The molecule has 6 heteroatoms. The molecule has 1 aliphatic heterocycles. The highest BCUT2D eigenvalue weighted by molar-refractivity contribution is 5.93. The zero-order valence-corrected chi connectivity index (χ0v) is 15.9. The minimum absolute atomic E-state index is 0.161. The number of nitrogens with one attached hydrogen (secondary N) is 2. The van der Waals surface area contributed by atoms with Gasteiger partial charge in [-0.1, -0.05) is 50.1 Å². The first-order chi connectivity index (χ1) is 13.3. The fourth-order valence-electron chi connectivity index (χ4n) is 3.06. The van der Waals surface area contributed by atoms with Crippen LogP contribution in [0.15, 0.2) is 36.4 Å². The van der Waals surface area contributed by atoms with E-state index >= 15 is 0 Å². The molecule has 2 aromatic rings. The van der Waals surface area contributed by atoms with Gasteiger partial charge >= 0.3 is 0 Å². The number of nitrogens with zero attached hydrogens (tertiary/aromatic N) is 2. The molecule has 3 rings (SSSR count). The molecular formula is C21H28N4O2. The number of aromatic nitrogens is 2. The van der Waals surface area contributed by atoms with Crippen molar-refractivity contribution in [1.82, 2.24) is 15.3 Å². The molecule has 144 valence electrons. The van der Waals surface area contributed by atoms with Gasteiger partial charge in [0.1, 0.15) is 11.5 Å². The molecule has 2 heterocycles. The van der Waals surface area contributed by atoms with Gasteiger partial charge in [0, 0.05) is 31.3 Å². The molecule has 1 aromatic carbocycles. The van der Waals surface area contributed by atoms with Crippen LogP contribution in [-0.4, -0.2) is 41.7 Å². The molecule has 27 heavy (non-hydrogen) atoms. The molecule has 1 fully saturated rings. The fraction of sp³-hybridized carbons (Fsp3) is 0.476. The van der Waals surface area contributed by atoms with Crippen LogP contribution in [0.4, 0.5) is 5.82 Å². The highest BCUT2D eigenvalue weighted by Gasteiger charge is 2.17. The molecule has 6 nitrogen and oxygen atoms in total. The Labute approximate surface area is 160 Å². The summed E-state index contributed by atoms with van der Waals surface area (Å²) in [5.74, 6) is 1.04. The molecule has 0 radical (unpaired) electrons. The first-order valence-corrected chi connectivity index (χ1v) is 9.84. The van der Waals surface area contributed by atoms with Crippen molar-refractivity contribution >= 4 is 11.7 Å². The number of hydrogen-bond donors (Lipinski definition) is 2. The zero-order valence-electron chi connectivity index (χ0n) is 15.9. The maximum Gasteiger partial charge on any atom is 0.270 e. The van der Waals surface area contributed by atoms with Crippen LogP contribution < -0.4 is 10.6 Å². The Morgan fingerprint density at radius 3 is 2.81 bits per heavy atom. The van der Waals surface area contributed by atoms with Gasteiger partial charge < -0.3 is 15.4 Å². The number of amides is 1. The summed E-state index contributed by atoms with van der Waals surface area (Å²) >= 11 is 0. The Morgan fingerprint density at radius 1 is 1.22 bits per heavy atom. The lowest BCUT2D eigenvalue weighted by Gasteiger charge is -2.13. The summed E-state index contributed by atoms with van der Waals surface area (Å²) in [6.07, 6.45) is 5.55. The van der Waals surface area contributed by atoms with Crippen LogP contribution in [0.5, 0.6) is 0 Å². The monoisotopic (exact) mass is 368 g/mol. The van der Waals surface area contributed by atoms with Crippen molar-refractivity contribution in [3.8, 4) is 11.4 Å². The van der Waals surface area contributed by atoms with E-state index in [0.29, 0.717) is 30.4 Å². The number of carbonyl (C=O) groups is 1. The van der Waals surface area contributed by atoms with Crippen molar-refractivity contribution in [3.05, 3.63) is 42.1 Å². The smallest absolute Gasteiger partial charge is 0.270 e. The van der Waals surface area contributed by atoms with Gasteiger partial charge in [0.05, 0.1) is 6.10 Å². The standard InChI is InChI=1S/C21H28N4O2/c1-2-3-7-12-22-21(26)18-14-19(23-15-17-11-8-13-27-17)25-20(24-18)16-9-5-4-6-10-16/h4-6,9-10,14,17H,2-3,7-8,11-13,15H2,1H3,(H,22,26)(H,23,24,25). The Balaban J connectivity index is 1.76. The van der Waals surface area contributed by atoms with E-state index in [0.717, 1.165) is 44.3 Å².